The van der Waals surface area contributed by atoms with Crippen LogP contribution in [0.4, 0.5) is 0 Å². The summed E-state index contributed by atoms with van der Waals surface area (Å²) in [5, 5.41) is 3.41. The molecule has 1 aromatic carbocycles. The molecule has 134 valence electrons. The first-order valence-corrected chi connectivity index (χ1v) is 8.43. The molecule has 1 atom stereocenters. The number of hydrogen-bond donors (Lipinski definition) is 1. The van der Waals surface area contributed by atoms with Gasteiger partial charge in [-0.05, 0) is 24.1 Å². The van der Waals surface area contributed by atoms with Gasteiger partial charge in [0.05, 0.1) is 13.2 Å². The largest absolute Gasteiger partial charge is 0.491 e. The van der Waals surface area contributed by atoms with Crippen LogP contribution in [0.25, 0.3) is 0 Å². The van der Waals surface area contributed by atoms with Crippen molar-refractivity contribution in [3.05, 3.63) is 29.8 Å². The Balaban J connectivity index is 1.77. The number of rotatable bonds is 8. The predicted molar refractivity (Wildman–Crippen MR) is 95.6 cm³/mol. The van der Waals surface area contributed by atoms with Gasteiger partial charge < -0.3 is 24.4 Å². The molecule has 1 saturated heterocycles. The van der Waals surface area contributed by atoms with Crippen LogP contribution in [-0.2, 0) is 16.0 Å². The fourth-order valence-corrected chi connectivity index (χ4v) is 2.71. The molecule has 1 aromatic rings. The molecule has 1 fully saturated rings. The first kappa shape index (κ1) is 18.5. The molecular weight excluding hydrogens is 306 g/mol. The zero-order chi connectivity index (χ0) is 17.2. The zero-order valence-electron chi connectivity index (χ0n) is 15.0. The van der Waals surface area contributed by atoms with Crippen molar-refractivity contribution in [2.24, 2.45) is 10.9 Å². The van der Waals surface area contributed by atoms with Gasteiger partial charge in [-0.25, -0.2) is 0 Å². The molecule has 1 N–H and O–H groups in total. The average molecular weight is 335 g/mol. The van der Waals surface area contributed by atoms with E-state index in [0.717, 1.165) is 44.4 Å². The monoisotopic (exact) mass is 335 g/mol. The summed E-state index contributed by atoms with van der Waals surface area (Å²) in [5.74, 6) is 2.36. The van der Waals surface area contributed by atoms with E-state index in [1.54, 1.807) is 7.11 Å². The van der Waals surface area contributed by atoms with Crippen molar-refractivity contribution in [1.29, 1.82) is 0 Å². The van der Waals surface area contributed by atoms with Crippen LogP contribution in [0, 0.1) is 5.92 Å². The van der Waals surface area contributed by atoms with E-state index in [1.807, 2.05) is 19.2 Å². The van der Waals surface area contributed by atoms with Gasteiger partial charge in [-0.15, -0.1) is 0 Å². The molecule has 0 aliphatic carbocycles. The lowest BCUT2D eigenvalue weighted by molar-refractivity contribution is 0.146. The topological polar surface area (TPSA) is 55.3 Å². The van der Waals surface area contributed by atoms with Gasteiger partial charge in [-0.2, -0.15) is 0 Å². The lowest BCUT2D eigenvalue weighted by atomic mass is 10.1. The van der Waals surface area contributed by atoms with Crippen molar-refractivity contribution in [3.63, 3.8) is 0 Å². The molecule has 1 heterocycles. The molecule has 0 saturated carbocycles. The maximum atomic E-state index is 5.57. The highest BCUT2D eigenvalue weighted by atomic mass is 16.5. The smallest absolute Gasteiger partial charge is 0.193 e. The third-order valence-corrected chi connectivity index (χ3v) is 4.06. The van der Waals surface area contributed by atoms with Gasteiger partial charge in [0.2, 0.25) is 0 Å². The molecule has 24 heavy (non-hydrogen) atoms. The van der Waals surface area contributed by atoms with Crippen LogP contribution in [0.15, 0.2) is 29.3 Å². The molecule has 6 heteroatoms. The minimum atomic E-state index is 0.566. The van der Waals surface area contributed by atoms with Crippen LogP contribution in [0.3, 0.4) is 0 Å². The van der Waals surface area contributed by atoms with E-state index in [-0.39, 0.29) is 0 Å². The van der Waals surface area contributed by atoms with E-state index in [4.69, 9.17) is 14.2 Å². The Bertz CT molecular complexity index is 499. The van der Waals surface area contributed by atoms with Gasteiger partial charge in [0.15, 0.2) is 5.96 Å². The summed E-state index contributed by atoms with van der Waals surface area (Å²) in [6, 6.07) is 8.09. The van der Waals surface area contributed by atoms with E-state index >= 15 is 0 Å². The highest BCUT2D eigenvalue weighted by Crippen LogP contribution is 2.14. The highest BCUT2D eigenvalue weighted by Gasteiger charge is 2.18. The van der Waals surface area contributed by atoms with Crippen molar-refractivity contribution in [2.45, 2.75) is 13.0 Å². The zero-order valence-corrected chi connectivity index (χ0v) is 15.0. The maximum absolute atomic E-state index is 5.57. The minimum Gasteiger partial charge on any atom is -0.491 e. The summed E-state index contributed by atoms with van der Waals surface area (Å²) in [6.45, 7) is 4.59. The van der Waals surface area contributed by atoms with Crippen molar-refractivity contribution in [1.82, 2.24) is 10.2 Å². The summed E-state index contributed by atoms with van der Waals surface area (Å²) in [5.41, 5.74) is 1.19. The maximum Gasteiger partial charge on any atom is 0.193 e. The molecule has 2 rings (SSSR count). The Morgan fingerprint density at radius 3 is 2.75 bits per heavy atom. The number of guanidine groups is 1. The predicted octanol–water partition coefficient (Wildman–Crippen LogP) is 1.76. The Labute approximate surface area is 144 Å². The summed E-state index contributed by atoms with van der Waals surface area (Å²) in [4.78, 5) is 6.53. The van der Waals surface area contributed by atoms with E-state index < -0.39 is 0 Å². The Kier molecular flexibility index (Phi) is 7.85. The lowest BCUT2D eigenvalue weighted by Crippen LogP contribution is -2.41. The van der Waals surface area contributed by atoms with Crippen molar-refractivity contribution in [2.75, 3.05) is 54.2 Å². The quantitative estimate of drug-likeness (QED) is 0.446. The Morgan fingerprint density at radius 2 is 2.12 bits per heavy atom. The van der Waals surface area contributed by atoms with E-state index in [9.17, 15) is 0 Å². The average Bonchev–Trinajstić information content (AvgIpc) is 3.10. The second kappa shape index (κ2) is 10.2. The Hall–Kier alpha value is -1.79. The molecule has 1 aliphatic rings. The van der Waals surface area contributed by atoms with Crippen LogP contribution in [0.2, 0.25) is 0 Å². The summed E-state index contributed by atoms with van der Waals surface area (Å²) >= 11 is 0. The molecule has 0 amide bonds. The van der Waals surface area contributed by atoms with Gasteiger partial charge >= 0.3 is 0 Å². The SMILES string of the molecule is CN=C(NCc1ccc(OCCOC)cc1)N(C)CC1CCOC1. The molecular formula is C18H29N3O3. The van der Waals surface area contributed by atoms with Crippen LogP contribution >= 0.6 is 0 Å². The number of ether oxygens (including phenoxy) is 3. The first-order chi connectivity index (χ1) is 11.7. The number of benzene rings is 1. The Morgan fingerprint density at radius 1 is 1.33 bits per heavy atom. The second-order valence-electron chi connectivity index (χ2n) is 6.00. The summed E-state index contributed by atoms with van der Waals surface area (Å²) in [6.07, 6.45) is 1.13. The first-order valence-electron chi connectivity index (χ1n) is 8.43. The molecule has 0 bridgehead atoms. The van der Waals surface area contributed by atoms with Crippen molar-refractivity contribution < 1.29 is 14.2 Å². The minimum absolute atomic E-state index is 0.566. The lowest BCUT2D eigenvalue weighted by Gasteiger charge is -2.24. The normalized spacial score (nSPS) is 17.8. The van der Waals surface area contributed by atoms with Gasteiger partial charge in [-0.1, -0.05) is 12.1 Å². The number of methoxy groups -OCH3 is 1. The van der Waals surface area contributed by atoms with Crippen LogP contribution in [0.5, 0.6) is 5.75 Å². The number of hydrogen-bond acceptors (Lipinski definition) is 4. The number of nitrogens with zero attached hydrogens (tertiary/aromatic N) is 2. The third kappa shape index (κ3) is 6.02. The number of nitrogens with one attached hydrogen (secondary N) is 1. The second-order valence-corrected chi connectivity index (χ2v) is 6.00. The van der Waals surface area contributed by atoms with Crippen molar-refractivity contribution >= 4 is 5.96 Å². The fraction of sp³-hybridized carbons (Fsp3) is 0.611. The van der Waals surface area contributed by atoms with Gasteiger partial charge in [0, 0.05) is 46.8 Å². The van der Waals surface area contributed by atoms with Gasteiger partial charge in [0.1, 0.15) is 12.4 Å². The van der Waals surface area contributed by atoms with Gasteiger partial charge in [0.25, 0.3) is 0 Å². The van der Waals surface area contributed by atoms with Gasteiger partial charge in [-0.3, -0.25) is 4.99 Å². The summed E-state index contributed by atoms with van der Waals surface area (Å²) < 4.78 is 16.0. The molecule has 0 radical (unpaired) electrons. The van der Waals surface area contributed by atoms with Crippen LogP contribution < -0.4 is 10.1 Å². The van der Waals surface area contributed by atoms with E-state index in [2.05, 4.69) is 34.4 Å². The molecule has 1 unspecified atom stereocenters. The molecule has 1 aliphatic heterocycles. The molecule has 0 spiro atoms. The summed E-state index contributed by atoms with van der Waals surface area (Å²) in [7, 11) is 5.55. The molecule has 0 aromatic heterocycles. The van der Waals surface area contributed by atoms with Crippen LogP contribution in [0.1, 0.15) is 12.0 Å². The van der Waals surface area contributed by atoms with Crippen molar-refractivity contribution in [3.8, 4) is 5.75 Å². The van der Waals surface area contributed by atoms with E-state index in [0.29, 0.717) is 19.1 Å². The van der Waals surface area contributed by atoms with E-state index in [1.165, 1.54) is 5.56 Å². The fourth-order valence-electron chi connectivity index (χ4n) is 2.71. The third-order valence-electron chi connectivity index (χ3n) is 4.06. The number of aliphatic imine (C=N–C) groups is 1. The standard InChI is InChI=1S/C18H29N3O3/c1-19-18(21(2)13-16-8-9-23-14-16)20-12-15-4-6-17(7-5-15)24-11-10-22-3/h4-7,16H,8-14H2,1-3H3,(H,19,20). The van der Waals surface area contributed by atoms with Crippen LogP contribution in [-0.4, -0.2) is 65.0 Å². The molecule has 6 nitrogen and oxygen atoms in total. The highest BCUT2D eigenvalue weighted by molar-refractivity contribution is 5.79.